The molecular formula is C24H33N3O4S. The zero-order valence-corrected chi connectivity index (χ0v) is 19.9. The molecule has 2 aromatic carbocycles. The number of hydrogen-bond acceptors (Lipinski definition) is 5. The summed E-state index contributed by atoms with van der Waals surface area (Å²) in [4.78, 5) is 14.6. The van der Waals surface area contributed by atoms with Crippen molar-refractivity contribution in [1.82, 2.24) is 14.5 Å². The van der Waals surface area contributed by atoms with Crippen molar-refractivity contribution in [3.8, 4) is 5.75 Å². The van der Waals surface area contributed by atoms with E-state index in [0.717, 1.165) is 23.3 Å². The van der Waals surface area contributed by atoms with Crippen molar-refractivity contribution >= 4 is 15.9 Å². The summed E-state index contributed by atoms with van der Waals surface area (Å²) in [5, 5.41) is 2.92. The molecule has 1 N–H and O–H groups in total. The van der Waals surface area contributed by atoms with Crippen LogP contribution < -0.4 is 10.1 Å². The van der Waals surface area contributed by atoms with Gasteiger partial charge >= 0.3 is 0 Å². The van der Waals surface area contributed by atoms with Crippen LogP contribution in [-0.4, -0.2) is 63.4 Å². The molecule has 32 heavy (non-hydrogen) atoms. The van der Waals surface area contributed by atoms with Gasteiger partial charge in [-0.1, -0.05) is 38.1 Å². The minimum atomic E-state index is -3.52. The summed E-state index contributed by atoms with van der Waals surface area (Å²) in [7, 11) is -1.90. The van der Waals surface area contributed by atoms with Crippen LogP contribution in [0.15, 0.2) is 53.4 Å². The number of benzene rings is 2. The molecule has 8 heteroatoms. The molecule has 1 heterocycles. The molecule has 7 nitrogen and oxygen atoms in total. The lowest BCUT2D eigenvalue weighted by Crippen LogP contribution is -2.50. The topological polar surface area (TPSA) is 79.0 Å². The van der Waals surface area contributed by atoms with Crippen LogP contribution in [0.2, 0.25) is 0 Å². The Hall–Kier alpha value is -2.42. The van der Waals surface area contributed by atoms with Crippen LogP contribution in [0.25, 0.3) is 0 Å². The number of nitrogens with zero attached hydrogens (tertiary/aromatic N) is 2. The van der Waals surface area contributed by atoms with E-state index < -0.39 is 10.0 Å². The van der Waals surface area contributed by atoms with Crippen LogP contribution in [-0.2, 0) is 21.4 Å². The fourth-order valence-electron chi connectivity index (χ4n) is 3.68. The Bertz CT molecular complexity index is 983. The number of rotatable bonds is 9. The van der Waals surface area contributed by atoms with Crippen LogP contribution in [0.1, 0.15) is 37.3 Å². The maximum Gasteiger partial charge on any atom is 0.243 e. The summed E-state index contributed by atoms with van der Waals surface area (Å²) in [6, 6.07) is 14.8. The molecular weight excluding hydrogens is 426 g/mol. The van der Waals surface area contributed by atoms with Gasteiger partial charge < -0.3 is 10.1 Å². The minimum absolute atomic E-state index is 0.0715. The fourth-order valence-corrected chi connectivity index (χ4v) is 5.11. The van der Waals surface area contributed by atoms with Gasteiger partial charge in [0.25, 0.3) is 0 Å². The lowest BCUT2D eigenvalue weighted by atomic mass is 9.99. The number of ether oxygens (including phenoxy) is 1. The van der Waals surface area contributed by atoms with Crippen LogP contribution in [0.4, 0.5) is 0 Å². The summed E-state index contributed by atoms with van der Waals surface area (Å²) in [5.41, 5.74) is 2.14. The monoisotopic (exact) mass is 459 g/mol. The molecule has 1 aliphatic rings. The van der Waals surface area contributed by atoms with E-state index in [0.29, 0.717) is 43.5 Å². The van der Waals surface area contributed by atoms with E-state index in [-0.39, 0.29) is 12.5 Å². The Balaban J connectivity index is 1.47. The third-order valence-electron chi connectivity index (χ3n) is 6.05. The van der Waals surface area contributed by atoms with E-state index in [1.54, 1.807) is 19.2 Å². The molecule has 0 saturated carbocycles. The number of amides is 1. The van der Waals surface area contributed by atoms with Gasteiger partial charge in [0.05, 0.1) is 18.6 Å². The third-order valence-corrected chi connectivity index (χ3v) is 7.96. The smallest absolute Gasteiger partial charge is 0.243 e. The van der Waals surface area contributed by atoms with Crippen molar-refractivity contribution in [2.45, 2.75) is 37.6 Å². The van der Waals surface area contributed by atoms with Crippen LogP contribution in [0.5, 0.6) is 5.75 Å². The maximum atomic E-state index is 13.0. The highest BCUT2D eigenvalue weighted by atomic mass is 32.2. The molecule has 1 atom stereocenters. The predicted molar refractivity (Wildman–Crippen MR) is 125 cm³/mol. The number of carbonyl (C=O) groups excluding carboxylic acids is 1. The number of nitrogens with one attached hydrogen (secondary N) is 1. The van der Waals surface area contributed by atoms with Gasteiger partial charge in [-0.05, 0) is 47.7 Å². The molecule has 1 unspecified atom stereocenters. The van der Waals surface area contributed by atoms with Crippen LogP contribution >= 0.6 is 0 Å². The molecule has 1 amide bonds. The van der Waals surface area contributed by atoms with Crippen molar-refractivity contribution in [3.63, 3.8) is 0 Å². The number of piperazine rings is 1. The summed E-state index contributed by atoms with van der Waals surface area (Å²) < 4.78 is 32.6. The second-order valence-electron chi connectivity index (χ2n) is 8.18. The van der Waals surface area contributed by atoms with Gasteiger partial charge in [-0.25, -0.2) is 8.42 Å². The third kappa shape index (κ3) is 6.09. The van der Waals surface area contributed by atoms with Crippen molar-refractivity contribution in [2.75, 3.05) is 39.8 Å². The van der Waals surface area contributed by atoms with E-state index in [4.69, 9.17) is 4.74 Å². The van der Waals surface area contributed by atoms with Gasteiger partial charge in [-0.15, -0.1) is 0 Å². The van der Waals surface area contributed by atoms with Crippen LogP contribution in [0.3, 0.4) is 0 Å². The van der Waals surface area contributed by atoms with Gasteiger partial charge in [-0.3, -0.25) is 9.69 Å². The van der Waals surface area contributed by atoms with Crippen molar-refractivity contribution in [3.05, 3.63) is 59.7 Å². The van der Waals surface area contributed by atoms with Gasteiger partial charge in [0.15, 0.2) is 0 Å². The van der Waals surface area contributed by atoms with Gasteiger partial charge in [0.1, 0.15) is 5.75 Å². The first-order chi connectivity index (χ1) is 15.3. The largest absolute Gasteiger partial charge is 0.497 e. The van der Waals surface area contributed by atoms with Crippen molar-refractivity contribution in [1.29, 1.82) is 0 Å². The molecule has 0 aliphatic carbocycles. The predicted octanol–water partition coefficient (Wildman–Crippen LogP) is 2.83. The first-order valence-corrected chi connectivity index (χ1v) is 12.5. The highest BCUT2D eigenvalue weighted by molar-refractivity contribution is 7.89. The SMILES string of the molecule is CCC(C)c1ccc(S(=O)(=O)N2CCN(CC(=O)NCc3ccc(OC)cc3)CC2)cc1. The summed E-state index contributed by atoms with van der Waals surface area (Å²) in [6.07, 6.45) is 1.02. The quantitative estimate of drug-likeness (QED) is 0.624. The lowest BCUT2D eigenvalue weighted by molar-refractivity contribution is -0.122. The minimum Gasteiger partial charge on any atom is -0.497 e. The standard InChI is InChI=1S/C24H33N3O4S/c1-4-19(2)21-7-11-23(12-8-21)32(29,30)27-15-13-26(14-16-27)18-24(28)25-17-20-5-9-22(31-3)10-6-20/h5-12,19H,4,13-18H2,1-3H3,(H,25,28). The highest BCUT2D eigenvalue weighted by Gasteiger charge is 2.29. The maximum absolute atomic E-state index is 13.0. The number of carbonyl (C=O) groups is 1. The second-order valence-corrected chi connectivity index (χ2v) is 10.1. The summed E-state index contributed by atoms with van der Waals surface area (Å²) >= 11 is 0. The highest BCUT2D eigenvalue weighted by Crippen LogP contribution is 2.23. The molecule has 174 valence electrons. The molecule has 3 rings (SSSR count). The second kappa shape index (κ2) is 10.9. The van der Waals surface area contributed by atoms with Gasteiger partial charge in [0, 0.05) is 32.7 Å². The molecule has 0 aromatic heterocycles. The molecule has 1 saturated heterocycles. The lowest BCUT2D eigenvalue weighted by Gasteiger charge is -2.33. The van der Waals surface area contributed by atoms with E-state index in [1.807, 2.05) is 41.3 Å². The van der Waals surface area contributed by atoms with E-state index in [2.05, 4.69) is 19.2 Å². The van der Waals surface area contributed by atoms with Crippen molar-refractivity contribution in [2.24, 2.45) is 0 Å². The molecule has 0 radical (unpaired) electrons. The molecule has 2 aromatic rings. The van der Waals surface area contributed by atoms with E-state index in [1.165, 1.54) is 4.31 Å². The zero-order valence-electron chi connectivity index (χ0n) is 19.1. The average molecular weight is 460 g/mol. The Labute approximate surface area is 191 Å². The Morgan fingerprint density at radius 3 is 2.22 bits per heavy atom. The molecule has 0 spiro atoms. The Kier molecular flexibility index (Phi) is 8.28. The molecule has 1 aliphatic heterocycles. The summed E-state index contributed by atoms with van der Waals surface area (Å²) in [5.74, 6) is 1.11. The normalized spacial score (nSPS) is 16.5. The zero-order chi connectivity index (χ0) is 23.1. The Morgan fingerprint density at radius 1 is 1.03 bits per heavy atom. The number of sulfonamides is 1. The molecule has 1 fully saturated rings. The Morgan fingerprint density at radius 2 is 1.66 bits per heavy atom. The van der Waals surface area contributed by atoms with Crippen LogP contribution in [0, 0.1) is 0 Å². The first kappa shape index (κ1) is 24.2. The summed E-state index contributed by atoms with van der Waals surface area (Å²) in [6.45, 7) is 6.77. The van der Waals surface area contributed by atoms with Gasteiger partial charge in [-0.2, -0.15) is 4.31 Å². The van der Waals surface area contributed by atoms with Crippen molar-refractivity contribution < 1.29 is 17.9 Å². The first-order valence-electron chi connectivity index (χ1n) is 11.1. The number of methoxy groups -OCH3 is 1. The number of hydrogen-bond donors (Lipinski definition) is 1. The van der Waals surface area contributed by atoms with E-state index >= 15 is 0 Å². The van der Waals surface area contributed by atoms with E-state index in [9.17, 15) is 13.2 Å². The van der Waals surface area contributed by atoms with Gasteiger partial charge in [0.2, 0.25) is 15.9 Å². The average Bonchev–Trinajstić information content (AvgIpc) is 2.83. The fraction of sp³-hybridized carbons (Fsp3) is 0.458. The molecule has 0 bridgehead atoms.